The summed E-state index contributed by atoms with van der Waals surface area (Å²) >= 11 is 18.0. The van der Waals surface area contributed by atoms with E-state index in [0.717, 1.165) is 0 Å². The number of nitrogens with zero attached hydrogens (tertiary/aromatic N) is 1. The molecule has 25 heavy (non-hydrogen) atoms. The lowest BCUT2D eigenvalue weighted by atomic mass is 10.2. The second-order valence-electron chi connectivity index (χ2n) is 4.71. The number of aromatic nitrogens is 1. The summed E-state index contributed by atoms with van der Waals surface area (Å²) in [5.74, 6) is -0.240. The van der Waals surface area contributed by atoms with Crippen LogP contribution < -0.4 is 10.1 Å². The van der Waals surface area contributed by atoms with Crippen molar-refractivity contribution in [3.8, 4) is 5.88 Å². The van der Waals surface area contributed by atoms with Crippen LogP contribution in [0.1, 0.15) is 5.56 Å². The fourth-order valence-corrected chi connectivity index (χ4v) is 3.56. The summed E-state index contributed by atoms with van der Waals surface area (Å²) in [4.78, 5) is 16.1. The zero-order chi connectivity index (χ0) is 18.4. The van der Waals surface area contributed by atoms with Crippen LogP contribution in [0, 0.1) is 0 Å². The van der Waals surface area contributed by atoms with E-state index in [1.54, 1.807) is 36.4 Å². The lowest BCUT2D eigenvalue weighted by Crippen LogP contribution is -2.14. The van der Waals surface area contributed by atoms with Crippen LogP contribution in [0.4, 0.5) is 5.69 Å². The van der Waals surface area contributed by atoms with Gasteiger partial charge in [-0.3, -0.25) is 9.00 Å². The number of methoxy groups -OCH3 is 1. The molecule has 1 N–H and O–H groups in total. The number of carbonyl (C=O) groups is 1. The van der Waals surface area contributed by atoms with Gasteiger partial charge < -0.3 is 10.1 Å². The van der Waals surface area contributed by atoms with Crippen molar-refractivity contribution in [2.45, 2.75) is 5.75 Å². The van der Waals surface area contributed by atoms with E-state index in [-0.39, 0.29) is 15.1 Å². The third-order valence-electron chi connectivity index (χ3n) is 3.02. The van der Waals surface area contributed by atoms with E-state index in [9.17, 15) is 9.00 Å². The van der Waals surface area contributed by atoms with E-state index >= 15 is 0 Å². The van der Waals surface area contributed by atoms with Gasteiger partial charge in [0, 0.05) is 11.1 Å². The van der Waals surface area contributed by atoms with Crippen molar-refractivity contribution in [1.82, 2.24) is 4.98 Å². The van der Waals surface area contributed by atoms with Crippen molar-refractivity contribution >= 4 is 57.2 Å². The summed E-state index contributed by atoms with van der Waals surface area (Å²) < 4.78 is 17.0. The SMILES string of the molecule is COc1ccc(NC(=O)/C(Cl)=C(/Cl)[S@](=O)Cc2ccccc2Cl)cn1. The standard InChI is InChI=1S/C16H13Cl3N2O3S/c1-24-13-7-6-11(8-20-13)21-16(22)14(18)15(19)25(23)9-10-4-2-3-5-12(10)17/h2-8H,9H2,1H3,(H,21,22)/b15-14+/t25-/m1/s1. The van der Waals surface area contributed by atoms with Gasteiger partial charge in [-0.2, -0.15) is 0 Å². The molecule has 0 spiro atoms. The number of carbonyl (C=O) groups excluding carboxylic acids is 1. The number of halogens is 3. The van der Waals surface area contributed by atoms with E-state index in [1.807, 2.05) is 0 Å². The third kappa shape index (κ3) is 5.44. The molecule has 132 valence electrons. The molecule has 9 heteroatoms. The van der Waals surface area contributed by atoms with Crippen molar-refractivity contribution in [2.75, 3.05) is 12.4 Å². The summed E-state index contributed by atoms with van der Waals surface area (Å²) in [5, 5.41) is 2.62. The Kier molecular flexibility index (Phi) is 7.25. The maximum Gasteiger partial charge on any atom is 0.269 e. The van der Waals surface area contributed by atoms with Crippen LogP contribution in [-0.4, -0.2) is 22.2 Å². The van der Waals surface area contributed by atoms with Crippen molar-refractivity contribution in [3.05, 3.63) is 62.6 Å². The van der Waals surface area contributed by atoms with Crippen molar-refractivity contribution in [3.63, 3.8) is 0 Å². The molecule has 0 saturated heterocycles. The molecule has 0 radical (unpaired) electrons. The van der Waals surface area contributed by atoms with Gasteiger partial charge >= 0.3 is 0 Å². The predicted octanol–water partition coefficient (Wildman–Crippen LogP) is 4.28. The molecule has 0 unspecified atom stereocenters. The minimum atomic E-state index is -1.71. The second-order valence-corrected chi connectivity index (χ2v) is 7.49. The molecule has 0 aliphatic heterocycles. The Hall–Kier alpha value is -1.60. The van der Waals surface area contributed by atoms with E-state index in [0.29, 0.717) is 22.2 Å². The summed E-state index contributed by atoms with van der Waals surface area (Å²) in [6.07, 6.45) is 1.40. The summed E-state index contributed by atoms with van der Waals surface area (Å²) in [6, 6.07) is 10.1. The molecule has 1 aromatic heterocycles. The number of hydrogen-bond acceptors (Lipinski definition) is 4. The third-order valence-corrected chi connectivity index (χ3v) is 5.84. The normalized spacial score (nSPS) is 13.0. The first-order valence-electron chi connectivity index (χ1n) is 6.90. The van der Waals surface area contributed by atoms with Crippen LogP contribution in [0.2, 0.25) is 5.02 Å². The zero-order valence-corrected chi connectivity index (χ0v) is 16.0. The largest absolute Gasteiger partial charge is 0.481 e. The van der Waals surface area contributed by atoms with Crippen LogP contribution in [-0.2, 0) is 21.3 Å². The van der Waals surface area contributed by atoms with Gasteiger partial charge in [0.2, 0.25) is 5.88 Å². The van der Waals surface area contributed by atoms with Crippen LogP contribution in [0.15, 0.2) is 52.0 Å². The number of rotatable bonds is 6. The van der Waals surface area contributed by atoms with Gasteiger partial charge in [0.05, 0.1) is 35.5 Å². The Morgan fingerprint density at radius 1 is 1.24 bits per heavy atom. The fraction of sp³-hybridized carbons (Fsp3) is 0.125. The maximum absolute atomic E-state index is 12.3. The smallest absolute Gasteiger partial charge is 0.269 e. The molecule has 1 amide bonds. The molecule has 2 aromatic rings. The highest BCUT2D eigenvalue weighted by molar-refractivity contribution is 7.90. The highest BCUT2D eigenvalue weighted by atomic mass is 35.5. The molecule has 0 fully saturated rings. The van der Waals surface area contributed by atoms with Gasteiger partial charge in [-0.25, -0.2) is 4.98 Å². The Balaban J connectivity index is 2.09. The van der Waals surface area contributed by atoms with Crippen molar-refractivity contribution in [1.29, 1.82) is 0 Å². The zero-order valence-electron chi connectivity index (χ0n) is 13.0. The quantitative estimate of drug-likeness (QED) is 0.710. The molecule has 0 bridgehead atoms. The van der Waals surface area contributed by atoms with Gasteiger partial charge in [0.1, 0.15) is 9.40 Å². The van der Waals surface area contributed by atoms with Gasteiger partial charge in [0.15, 0.2) is 0 Å². The summed E-state index contributed by atoms with van der Waals surface area (Å²) in [6.45, 7) is 0. The first-order chi connectivity index (χ1) is 11.9. The monoisotopic (exact) mass is 418 g/mol. The van der Waals surface area contributed by atoms with Crippen LogP contribution in [0.5, 0.6) is 5.88 Å². The molecule has 1 aromatic carbocycles. The minimum Gasteiger partial charge on any atom is -0.481 e. The topological polar surface area (TPSA) is 68.3 Å². The Morgan fingerprint density at radius 2 is 1.96 bits per heavy atom. The number of ether oxygens (including phenoxy) is 1. The number of hydrogen-bond donors (Lipinski definition) is 1. The predicted molar refractivity (Wildman–Crippen MR) is 101 cm³/mol. The molecule has 1 atom stereocenters. The average Bonchev–Trinajstić information content (AvgIpc) is 2.62. The van der Waals surface area contributed by atoms with Gasteiger partial charge in [-0.1, -0.05) is 53.0 Å². The lowest BCUT2D eigenvalue weighted by Gasteiger charge is -2.07. The Labute approximate surface area is 162 Å². The minimum absolute atomic E-state index is 0.0477. The van der Waals surface area contributed by atoms with Crippen molar-refractivity contribution in [2.24, 2.45) is 0 Å². The van der Waals surface area contributed by atoms with Crippen molar-refractivity contribution < 1.29 is 13.7 Å². The Morgan fingerprint density at radius 3 is 2.56 bits per heavy atom. The van der Waals surface area contributed by atoms with Gasteiger partial charge in [0.25, 0.3) is 5.91 Å². The fourth-order valence-electron chi connectivity index (χ4n) is 1.77. The van der Waals surface area contributed by atoms with Gasteiger partial charge in [-0.05, 0) is 17.7 Å². The second kappa shape index (κ2) is 9.20. The molecule has 0 saturated carbocycles. The molecule has 1 heterocycles. The first-order valence-corrected chi connectivity index (χ1v) is 9.36. The van der Waals surface area contributed by atoms with E-state index in [4.69, 9.17) is 39.5 Å². The number of pyridine rings is 1. The van der Waals surface area contributed by atoms with E-state index in [2.05, 4.69) is 10.3 Å². The van der Waals surface area contributed by atoms with Gasteiger partial charge in [-0.15, -0.1) is 0 Å². The van der Waals surface area contributed by atoms with Crippen LogP contribution in [0.3, 0.4) is 0 Å². The van der Waals surface area contributed by atoms with E-state index < -0.39 is 16.7 Å². The highest BCUT2D eigenvalue weighted by Gasteiger charge is 2.18. The molecule has 2 rings (SSSR count). The lowest BCUT2D eigenvalue weighted by molar-refractivity contribution is -0.112. The summed E-state index contributed by atoms with van der Waals surface area (Å²) in [5.41, 5.74) is 1.04. The van der Waals surface area contributed by atoms with Crippen LogP contribution >= 0.6 is 34.8 Å². The van der Waals surface area contributed by atoms with Crippen LogP contribution in [0.25, 0.3) is 0 Å². The first kappa shape index (κ1) is 19.7. The average molecular weight is 420 g/mol. The molecule has 0 aliphatic carbocycles. The molecule has 0 aliphatic rings. The number of nitrogens with one attached hydrogen (secondary N) is 1. The molecular weight excluding hydrogens is 407 g/mol. The Bertz CT molecular complexity index is 826. The summed E-state index contributed by atoms with van der Waals surface area (Å²) in [7, 11) is -0.227. The molecular formula is C16H13Cl3N2O3S. The number of benzene rings is 1. The number of amides is 1. The van der Waals surface area contributed by atoms with E-state index in [1.165, 1.54) is 13.3 Å². The number of anilines is 1. The maximum atomic E-state index is 12.3. The molecule has 5 nitrogen and oxygen atoms in total. The highest BCUT2D eigenvalue weighted by Crippen LogP contribution is 2.25.